The van der Waals surface area contributed by atoms with Gasteiger partial charge in [-0.1, -0.05) is 18.2 Å². The van der Waals surface area contributed by atoms with Crippen molar-refractivity contribution in [1.29, 1.82) is 0 Å². The van der Waals surface area contributed by atoms with E-state index >= 15 is 0 Å². The van der Waals surface area contributed by atoms with Crippen molar-refractivity contribution in [2.45, 2.75) is 0 Å². The number of benzene rings is 2. The lowest BCUT2D eigenvalue weighted by molar-refractivity contribution is -0.122. The molecule has 0 aliphatic carbocycles. The van der Waals surface area contributed by atoms with Crippen molar-refractivity contribution >= 4 is 34.6 Å². The number of aromatic nitrogens is 1. The number of carbonyl (C=O) groups excluding carboxylic acids is 2. The summed E-state index contributed by atoms with van der Waals surface area (Å²) in [6.45, 7) is 0.710. The molecule has 0 radical (unpaired) electrons. The van der Waals surface area contributed by atoms with Gasteiger partial charge in [0.2, 0.25) is 11.8 Å². The van der Waals surface area contributed by atoms with E-state index in [1.165, 1.54) is 17.0 Å². The number of hydrogen-bond donors (Lipinski definition) is 0. The Balaban J connectivity index is 1.43. The molecule has 1 aromatic heterocycles. The standard InChI is InChI=1S/C19H14FN3O3/c20-11-6-7-15-16(8-11)26-19(21-15)22-9-13-14(10-22)18(25)23(17(13)24)12-4-2-1-3-5-12/h1-8,13-14H,9-10H2. The van der Waals surface area contributed by atoms with Gasteiger partial charge < -0.3 is 9.32 Å². The molecule has 2 amide bonds. The van der Waals surface area contributed by atoms with Gasteiger partial charge >= 0.3 is 0 Å². The summed E-state index contributed by atoms with van der Waals surface area (Å²) in [7, 11) is 0. The Bertz CT molecular complexity index is 1010. The number of nitrogens with zero attached hydrogens (tertiary/aromatic N) is 3. The summed E-state index contributed by atoms with van der Waals surface area (Å²) in [6.07, 6.45) is 0. The zero-order valence-electron chi connectivity index (χ0n) is 13.6. The number of hydrogen-bond acceptors (Lipinski definition) is 5. The van der Waals surface area contributed by atoms with Crippen LogP contribution in [0.5, 0.6) is 0 Å². The van der Waals surface area contributed by atoms with E-state index in [0.717, 1.165) is 0 Å². The summed E-state index contributed by atoms with van der Waals surface area (Å²) in [5.74, 6) is -1.64. The van der Waals surface area contributed by atoms with E-state index in [-0.39, 0.29) is 11.8 Å². The van der Waals surface area contributed by atoms with Crippen LogP contribution < -0.4 is 9.80 Å². The van der Waals surface area contributed by atoms with E-state index in [1.54, 1.807) is 35.2 Å². The second kappa shape index (κ2) is 5.39. The Hall–Kier alpha value is -3.22. The Morgan fingerprint density at radius 1 is 1.00 bits per heavy atom. The van der Waals surface area contributed by atoms with Crippen LogP contribution in [0.25, 0.3) is 11.1 Å². The lowest BCUT2D eigenvalue weighted by Crippen LogP contribution is -2.36. The second-order valence-corrected chi connectivity index (χ2v) is 6.57. The fourth-order valence-electron chi connectivity index (χ4n) is 3.75. The van der Waals surface area contributed by atoms with Gasteiger partial charge in [0.15, 0.2) is 5.58 Å². The number of rotatable bonds is 2. The van der Waals surface area contributed by atoms with E-state index in [0.29, 0.717) is 35.9 Å². The summed E-state index contributed by atoms with van der Waals surface area (Å²) in [6, 6.07) is 13.4. The third-order valence-electron chi connectivity index (χ3n) is 5.02. The molecular formula is C19H14FN3O3. The second-order valence-electron chi connectivity index (χ2n) is 6.57. The van der Waals surface area contributed by atoms with Crippen LogP contribution in [-0.2, 0) is 9.59 Å². The first kappa shape index (κ1) is 15.1. The first-order valence-electron chi connectivity index (χ1n) is 8.36. The summed E-state index contributed by atoms with van der Waals surface area (Å²) in [5, 5.41) is 0. The van der Waals surface area contributed by atoms with Crippen LogP contribution >= 0.6 is 0 Å². The van der Waals surface area contributed by atoms with Crippen molar-refractivity contribution in [3.05, 3.63) is 54.3 Å². The predicted molar refractivity (Wildman–Crippen MR) is 92.1 cm³/mol. The van der Waals surface area contributed by atoms with Crippen molar-refractivity contribution in [2.75, 3.05) is 22.9 Å². The molecule has 3 aromatic rings. The van der Waals surface area contributed by atoms with Crippen LogP contribution in [-0.4, -0.2) is 29.9 Å². The molecule has 2 saturated heterocycles. The minimum Gasteiger partial charge on any atom is -0.423 e. The van der Waals surface area contributed by atoms with Gasteiger partial charge in [-0.3, -0.25) is 9.59 Å². The molecular weight excluding hydrogens is 337 g/mol. The molecule has 0 spiro atoms. The molecule has 6 nitrogen and oxygen atoms in total. The fraction of sp³-hybridized carbons (Fsp3) is 0.211. The maximum absolute atomic E-state index is 13.3. The molecule has 0 bridgehead atoms. The number of oxazole rings is 1. The molecule has 0 N–H and O–H groups in total. The van der Waals surface area contributed by atoms with Gasteiger partial charge in [-0.05, 0) is 24.3 Å². The van der Waals surface area contributed by atoms with Gasteiger partial charge in [0.05, 0.1) is 17.5 Å². The zero-order valence-corrected chi connectivity index (χ0v) is 13.6. The van der Waals surface area contributed by atoms with Crippen molar-refractivity contribution in [3.63, 3.8) is 0 Å². The van der Waals surface area contributed by atoms with Gasteiger partial charge in [-0.25, -0.2) is 9.29 Å². The third kappa shape index (κ3) is 2.13. The maximum atomic E-state index is 13.3. The number of fused-ring (bicyclic) bond motifs is 2. The molecule has 2 aromatic carbocycles. The number of para-hydroxylation sites is 1. The van der Waals surface area contributed by atoms with Crippen LogP contribution in [0.3, 0.4) is 0 Å². The highest BCUT2D eigenvalue weighted by Gasteiger charge is 2.53. The molecule has 2 fully saturated rings. The molecule has 2 unspecified atom stereocenters. The van der Waals surface area contributed by atoms with Crippen LogP contribution in [0.4, 0.5) is 16.1 Å². The van der Waals surface area contributed by atoms with Gasteiger partial charge in [0, 0.05) is 19.2 Å². The molecule has 130 valence electrons. The maximum Gasteiger partial charge on any atom is 0.298 e. The van der Waals surface area contributed by atoms with Gasteiger partial charge in [0.1, 0.15) is 11.3 Å². The van der Waals surface area contributed by atoms with E-state index in [4.69, 9.17) is 4.42 Å². The minimum atomic E-state index is -0.422. The number of carbonyl (C=O) groups is 2. The highest BCUT2D eigenvalue weighted by Crippen LogP contribution is 2.38. The molecule has 3 heterocycles. The van der Waals surface area contributed by atoms with Gasteiger partial charge in [-0.2, -0.15) is 4.98 Å². The van der Waals surface area contributed by atoms with Crippen LogP contribution in [0.15, 0.2) is 52.9 Å². The SMILES string of the molecule is O=C1C2CN(c3nc4ccc(F)cc4o3)CC2C(=O)N1c1ccccc1. The Morgan fingerprint density at radius 2 is 1.69 bits per heavy atom. The number of amides is 2. The minimum absolute atomic E-state index is 0.198. The van der Waals surface area contributed by atoms with Crippen LogP contribution in [0.1, 0.15) is 0 Å². The van der Waals surface area contributed by atoms with Crippen molar-refractivity contribution in [3.8, 4) is 0 Å². The summed E-state index contributed by atoms with van der Waals surface area (Å²) in [5.41, 5.74) is 1.49. The van der Waals surface area contributed by atoms with E-state index in [9.17, 15) is 14.0 Å². The number of anilines is 2. The molecule has 2 aliphatic rings. The first-order chi connectivity index (χ1) is 12.6. The third-order valence-corrected chi connectivity index (χ3v) is 5.02. The van der Waals surface area contributed by atoms with Gasteiger partial charge in [0.25, 0.3) is 6.01 Å². The number of imide groups is 1. The average Bonchev–Trinajstić information content (AvgIpc) is 3.31. The average molecular weight is 351 g/mol. The molecule has 5 rings (SSSR count). The quantitative estimate of drug-likeness (QED) is 0.664. The first-order valence-corrected chi connectivity index (χ1v) is 8.36. The Labute approximate surface area is 147 Å². The van der Waals surface area contributed by atoms with Crippen molar-refractivity contribution in [2.24, 2.45) is 11.8 Å². The highest BCUT2D eigenvalue weighted by atomic mass is 19.1. The normalized spacial score (nSPS) is 22.5. The van der Waals surface area contributed by atoms with E-state index < -0.39 is 17.7 Å². The Kier molecular flexibility index (Phi) is 3.12. The molecule has 26 heavy (non-hydrogen) atoms. The van der Waals surface area contributed by atoms with Crippen LogP contribution in [0, 0.1) is 17.7 Å². The monoisotopic (exact) mass is 351 g/mol. The molecule has 0 saturated carbocycles. The van der Waals surface area contributed by atoms with Crippen LogP contribution in [0.2, 0.25) is 0 Å². The van der Waals surface area contributed by atoms with E-state index in [2.05, 4.69) is 4.98 Å². The topological polar surface area (TPSA) is 66.7 Å². The summed E-state index contributed by atoms with van der Waals surface area (Å²) < 4.78 is 18.9. The fourth-order valence-corrected chi connectivity index (χ4v) is 3.75. The number of halogens is 1. The van der Waals surface area contributed by atoms with Crippen molar-refractivity contribution in [1.82, 2.24) is 4.98 Å². The summed E-state index contributed by atoms with van der Waals surface area (Å²) in [4.78, 5) is 32.9. The molecule has 7 heteroatoms. The predicted octanol–water partition coefficient (Wildman–Crippen LogP) is 2.59. The Morgan fingerprint density at radius 3 is 2.38 bits per heavy atom. The lowest BCUT2D eigenvalue weighted by atomic mass is 10.00. The lowest BCUT2D eigenvalue weighted by Gasteiger charge is -2.19. The highest BCUT2D eigenvalue weighted by molar-refractivity contribution is 6.22. The zero-order chi connectivity index (χ0) is 17.8. The van der Waals surface area contributed by atoms with E-state index in [1.807, 2.05) is 6.07 Å². The van der Waals surface area contributed by atoms with Crippen molar-refractivity contribution < 1.29 is 18.4 Å². The smallest absolute Gasteiger partial charge is 0.298 e. The largest absolute Gasteiger partial charge is 0.423 e. The summed E-state index contributed by atoms with van der Waals surface area (Å²) >= 11 is 0. The van der Waals surface area contributed by atoms with Gasteiger partial charge in [-0.15, -0.1) is 0 Å². The molecule has 2 aliphatic heterocycles. The molecule has 2 atom stereocenters.